The molecule has 1 atom stereocenters. The Labute approximate surface area is 164 Å². The van der Waals surface area contributed by atoms with Crippen molar-refractivity contribution in [3.8, 4) is 11.5 Å². The molecule has 1 saturated heterocycles. The topological polar surface area (TPSA) is 21.7 Å². The minimum Gasteiger partial charge on any atom is -0.493 e. The van der Waals surface area contributed by atoms with Crippen molar-refractivity contribution in [3.05, 3.63) is 59.7 Å². The zero-order chi connectivity index (χ0) is 19.1. The summed E-state index contributed by atoms with van der Waals surface area (Å²) in [6.07, 6.45) is 5.06. The van der Waals surface area contributed by atoms with Gasteiger partial charge in [0, 0.05) is 6.54 Å². The molecule has 0 spiro atoms. The highest BCUT2D eigenvalue weighted by molar-refractivity contribution is 5.43. The van der Waals surface area contributed by atoms with E-state index in [1.54, 1.807) is 14.2 Å². The first-order valence-electron chi connectivity index (χ1n) is 10.1. The molecule has 0 aliphatic carbocycles. The lowest BCUT2D eigenvalue weighted by Crippen LogP contribution is -2.33. The van der Waals surface area contributed by atoms with Crippen LogP contribution in [-0.2, 0) is 13.0 Å². The molecule has 3 rings (SSSR count). The maximum Gasteiger partial charge on any atom is 0.160 e. The van der Waals surface area contributed by atoms with Crippen LogP contribution >= 0.6 is 0 Å². The molecule has 0 saturated carbocycles. The van der Waals surface area contributed by atoms with E-state index >= 15 is 0 Å². The minimum absolute atomic E-state index is 0.689. The zero-order valence-electron chi connectivity index (χ0n) is 17.0. The van der Waals surface area contributed by atoms with Gasteiger partial charge in [-0.25, -0.2) is 0 Å². The molecular formula is C24H33NO2. The molecule has 0 bridgehead atoms. The third-order valence-corrected chi connectivity index (χ3v) is 5.72. The second kappa shape index (κ2) is 9.80. The Bertz CT molecular complexity index is 693. The van der Waals surface area contributed by atoms with E-state index in [1.807, 2.05) is 6.07 Å². The van der Waals surface area contributed by atoms with E-state index in [0.717, 1.165) is 30.4 Å². The summed E-state index contributed by atoms with van der Waals surface area (Å²) in [5.74, 6) is 3.18. The molecule has 1 fully saturated rings. The number of benzene rings is 2. The highest BCUT2D eigenvalue weighted by atomic mass is 16.5. The smallest absolute Gasteiger partial charge is 0.160 e. The minimum atomic E-state index is 0.689. The van der Waals surface area contributed by atoms with Crippen LogP contribution in [0.3, 0.4) is 0 Å². The van der Waals surface area contributed by atoms with Crippen molar-refractivity contribution in [2.45, 2.75) is 39.2 Å². The maximum atomic E-state index is 5.44. The fraction of sp³-hybridized carbons (Fsp3) is 0.500. The third kappa shape index (κ3) is 5.74. The van der Waals surface area contributed by atoms with Gasteiger partial charge in [0.25, 0.3) is 0 Å². The van der Waals surface area contributed by atoms with Crippen LogP contribution in [0.5, 0.6) is 11.5 Å². The number of hydrogen-bond donors (Lipinski definition) is 0. The monoisotopic (exact) mass is 367 g/mol. The fourth-order valence-corrected chi connectivity index (χ4v) is 4.28. The van der Waals surface area contributed by atoms with Crippen molar-refractivity contribution in [3.63, 3.8) is 0 Å². The Hall–Kier alpha value is -2.00. The Morgan fingerprint density at radius 3 is 2.30 bits per heavy atom. The number of likely N-dealkylation sites (tertiary alicyclic amines) is 1. The number of hydrogen-bond acceptors (Lipinski definition) is 3. The van der Waals surface area contributed by atoms with E-state index in [-0.39, 0.29) is 0 Å². The largest absolute Gasteiger partial charge is 0.493 e. The van der Waals surface area contributed by atoms with E-state index in [9.17, 15) is 0 Å². The van der Waals surface area contributed by atoms with Crippen molar-refractivity contribution in [1.29, 1.82) is 0 Å². The summed E-state index contributed by atoms with van der Waals surface area (Å²) in [6.45, 7) is 5.92. The van der Waals surface area contributed by atoms with Gasteiger partial charge in [-0.15, -0.1) is 0 Å². The first-order valence-corrected chi connectivity index (χ1v) is 10.1. The average molecular weight is 368 g/mol. The van der Waals surface area contributed by atoms with Crippen LogP contribution in [0, 0.1) is 11.8 Å². The highest BCUT2D eigenvalue weighted by Gasteiger charge is 2.21. The van der Waals surface area contributed by atoms with Crippen molar-refractivity contribution >= 4 is 0 Å². The van der Waals surface area contributed by atoms with Crippen LogP contribution < -0.4 is 9.47 Å². The van der Waals surface area contributed by atoms with Crippen molar-refractivity contribution in [2.75, 3.05) is 27.3 Å². The molecule has 2 aromatic carbocycles. The summed E-state index contributed by atoms with van der Waals surface area (Å²) in [4.78, 5) is 2.60. The number of rotatable bonds is 8. The van der Waals surface area contributed by atoms with Gasteiger partial charge in [-0.3, -0.25) is 4.90 Å². The lowest BCUT2D eigenvalue weighted by atomic mass is 9.85. The molecule has 1 aliphatic heterocycles. The molecule has 0 amide bonds. The molecule has 1 aliphatic rings. The van der Waals surface area contributed by atoms with E-state index in [0.29, 0.717) is 5.92 Å². The lowest BCUT2D eigenvalue weighted by Gasteiger charge is -2.33. The van der Waals surface area contributed by atoms with E-state index in [1.165, 1.54) is 43.5 Å². The number of nitrogens with zero attached hydrogens (tertiary/aromatic N) is 1. The molecule has 0 radical (unpaired) electrons. The summed E-state index contributed by atoms with van der Waals surface area (Å²) < 4.78 is 10.8. The fourth-order valence-electron chi connectivity index (χ4n) is 4.28. The molecule has 0 N–H and O–H groups in total. The van der Waals surface area contributed by atoms with E-state index in [2.05, 4.69) is 54.3 Å². The first kappa shape index (κ1) is 19.8. The SMILES string of the molecule is COc1ccc(CC(C)CC2CCN(Cc3ccccc3)CC2)cc1OC. The van der Waals surface area contributed by atoms with Gasteiger partial charge in [0.1, 0.15) is 0 Å². The number of ether oxygens (including phenoxy) is 2. The summed E-state index contributed by atoms with van der Waals surface area (Å²) in [6, 6.07) is 17.1. The normalized spacial score (nSPS) is 16.9. The molecule has 3 nitrogen and oxygen atoms in total. The van der Waals surface area contributed by atoms with Crippen molar-refractivity contribution in [2.24, 2.45) is 11.8 Å². The number of methoxy groups -OCH3 is 2. The van der Waals surface area contributed by atoms with Crippen LogP contribution in [0.4, 0.5) is 0 Å². The predicted octanol–water partition coefficient (Wildman–Crippen LogP) is 5.18. The second-order valence-corrected chi connectivity index (χ2v) is 7.94. The van der Waals surface area contributed by atoms with Gasteiger partial charge in [0.2, 0.25) is 0 Å². The van der Waals surface area contributed by atoms with Crippen LogP contribution in [0.25, 0.3) is 0 Å². The maximum absolute atomic E-state index is 5.44. The van der Waals surface area contributed by atoms with E-state index in [4.69, 9.17) is 9.47 Å². The first-order chi connectivity index (χ1) is 13.2. The summed E-state index contributed by atoms with van der Waals surface area (Å²) in [7, 11) is 3.39. The number of piperidine rings is 1. The standard InChI is InChI=1S/C24H33NO2/c1-19(16-22-9-10-23(26-2)24(17-22)27-3)15-20-11-13-25(14-12-20)18-21-7-5-4-6-8-21/h4-10,17,19-20H,11-16,18H2,1-3H3. The van der Waals surface area contributed by atoms with Crippen molar-refractivity contribution in [1.82, 2.24) is 4.90 Å². The van der Waals surface area contributed by atoms with Crippen LogP contribution in [-0.4, -0.2) is 32.2 Å². The third-order valence-electron chi connectivity index (χ3n) is 5.72. The Morgan fingerprint density at radius 1 is 0.926 bits per heavy atom. The average Bonchev–Trinajstić information content (AvgIpc) is 2.70. The van der Waals surface area contributed by atoms with E-state index < -0.39 is 0 Å². The Morgan fingerprint density at radius 2 is 1.63 bits per heavy atom. The molecule has 0 aromatic heterocycles. The quantitative estimate of drug-likeness (QED) is 0.641. The highest BCUT2D eigenvalue weighted by Crippen LogP contribution is 2.31. The van der Waals surface area contributed by atoms with Gasteiger partial charge in [-0.2, -0.15) is 0 Å². The molecular weight excluding hydrogens is 334 g/mol. The van der Waals surface area contributed by atoms with Crippen LogP contribution in [0.2, 0.25) is 0 Å². The van der Waals surface area contributed by atoms with Gasteiger partial charge in [0.05, 0.1) is 14.2 Å². The zero-order valence-corrected chi connectivity index (χ0v) is 17.0. The predicted molar refractivity (Wildman–Crippen MR) is 111 cm³/mol. The Kier molecular flexibility index (Phi) is 7.17. The van der Waals surface area contributed by atoms with Gasteiger partial charge >= 0.3 is 0 Å². The van der Waals surface area contributed by atoms with Gasteiger partial charge in [0.15, 0.2) is 11.5 Å². The molecule has 27 heavy (non-hydrogen) atoms. The summed E-state index contributed by atoms with van der Waals surface area (Å²) >= 11 is 0. The lowest BCUT2D eigenvalue weighted by molar-refractivity contribution is 0.162. The molecule has 1 unspecified atom stereocenters. The van der Waals surface area contributed by atoms with Gasteiger partial charge in [-0.1, -0.05) is 43.3 Å². The van der Waals surface area contributed by atoms with Crippen LogP contribution in [0.1, 0.15) is 37.3 Å². The molecule has 146 valence electrons. The second-order valence-electron chi connectivity index (χ2n) is 7.94. The summed E-state index contributed by atoms with van der Waals surface area (Å²) in [5, 5.41) is 0. The molecule has 1 heterocycles. The van der Waals surface area contributed by atoms with Gasteiger partial charge < -0.3 is 9.47 Å². The van der Waals surface area contributed by atoms with Crippen molar-refractivity contribution < 1.29 is 9.47 Å². The Balaban J connectivity index is 1.45. The summed E-state index contributed by atoms with van der Waals surface area (Å²) in [5.41, 5.74) is 2.76. The van der Waals surface area contributed by atoms with Crippen LogP contribution in [0.15, 0.2) is 48.5 Å². The molecule has 3 heteroatoms. The molecule has 2 aromatic rings. The van der Waals surface area contributed by atoms with Gasteiger partial charge in [-0.05, 0) is 73.9 Å².